The molecule has 2 aromatic rings. The molecule has 0 N–H and O–H groups in total. The zero-order valence-electron chi connectivity index (χ0n) is 11.3. The number of hydrogen-bond acceptors (Lipinski definition) is 2. The van der Waals surface area contributed by atoms with E-state index in [-0.39, 0.29) is 10.6 Å². The van der Waals surface area contributed by atoms with Crippen molar-refractivity contribution in [1.29, 1.82) is 0 Å². The van der Waals surface area contributed by atoms with Crippen LogP contribution >= 0.6 is 27.3 Å². The lowest BCUT2D eigenvalue weighted by Crippen LogP contribution is -1.96. The van der Waals surface area contributed by atoms with E-state index in [0.717, 1.165) is 5.56 Å². The molecule has 0 bridgehead atoms. The molecule has 0 spiro atoms. The summed E-state index contributed by atoms with van der Waals surface area (Å²) >= 11 is 5.56. The first-order chi connectivity index (χ1) is 9.69. The number of thiophene rings is 1. The van der Waals surface area contributed by atoms with Gasteiger partial charge in [0.05, 0.1) is 11.9 Å². The average Bonchev–Trinajstić information content (AvgIpc) is 2.90. The van der Waals surface area contributed by atoms with E-state index in [2.05, 4.69) is 22.0 Å². The Morgan fingerprint density at radius 2 is 2.05 bits per heavy atom. The summed E-state index contributed by atoms with van der Waals surface area (Å²) in [5.74, 6) is -0.0188. The quantitative estimate of drug-likeness (QED) is 0.683. The van der Waals surface area contributed by atoms with Gasteiger partial charge in [0.25, 0.3) is 0 Å². The third kappa shape index (κ3) is 2.63. The Kier molecular flexibility index (Phi) is 4.13. The van der Waals surface area contributed by atoms with Crippen molar-refractivity contribution < 1.29 is 9.13 Å². The molecule has 1 aliphatic carbocycles. The van der Waals surface area contributed by atoms with Crippen molar-refractivity contribution in [3.05, 3.63) is 51.0 Å². The molecule has 1 aliphatic rings. The molecule has 106 valence electrons. The smallest absolute Gasteiger partial charge is 0.165 e. The Hall–Kier alpha value is -0.870. The van der Waals surface area contributed by atoms with Gasteiger partial charge in [-0.1, -0.05) is 22.0 Å². The third-order valence-corrected chi connectivity index (χ3v) is 6.36. The van der Waals surface area contributed by atoms with Crippen molar-refractivity contribution in [2.75, 3.05) is 7.11 Å². The molecule has 1 heterocycles. The lowest BCUT2D eigenvalue weighted by atomic mass is 9.99. The van der Waals surface area contributed by atoms with Gasteiger partial charge in [0.15, 0.2) is 11.6 Å². The molecule has 20 heavy (non-hydrogen) atoms. The summed E-state index contributed by atoms with van der Waals surface area (Å²) in [5, 5.41) is 0. The molecule has 0 fully saturated rings. The molecular weight excluding hydrogens is 339 g/mol. The van der Waals surface area contributed by atoms with Gasteiger partial charge in [-0.25, -0.2) is 4.39 Å². The molecule has 0 saturated carbocycles. The second kappa shape index (κ2) is 5.86. The molecule has 0 saturated heterocycles. The van der Waals surface area contributed by atoms with Crippen molar-refractivity contribution in [2.24, 2.45) is 0 Å². The summed E-state index contributed by atoms with van der Waals surface area (Å²) in [5.41, 5.74) is 2.41. The lowest BCUT2D eigenvalue weighted by molar-refractivity contribution is 0.386. The number of methoxy groups -OCH3 is 1. The molecule has 1 aromatic heterocycles. The summed E-state index contributed by atoms with van der Waals surface area (Å²) in [6.07, 6.45) is 4.95. The highest BCUT2D eigenvalue weighted by molar-refractivity contribution is 9.09. The van der Waals surface area contributed by atoms with Crippen LogP contribution in [0.25, 0.3) is 0 Å². The van der Waals surface area contributed by atoms with E-state index in [9.17, 15) is 4.39 Å². The van der Waals surface area contributed by atoms with Crippen LogP contribution in [0.2, 0.25) is 0 Å². The molecule has 0 radical (unpaired) electrons. The van der Waals surface area contributed by atoms with Crippen molar-refractivity contribution in [3.8, 4) is 5.75 Å². The van der Waals surface area contributed by atoms with E-state index in [1.807, 2.05) is 17.4 Å². The lowest BCUT2D eigenvalue weighted by Gasteiger charge is -2.10. The van der Waals surface area contributed by atoms with Crippen LogP contribution in [0.4, 0.5) is 4.39 Å². The Morgan fingerprint density at radius 1 is 1.25 bits per heavy atom. The van der Waals surface area contributed by atoms with Crippen molar-refractivity contribution >= 4 is 27.3 Å². The fourth-order valence-corrected chi connectivity index (χ4v) is 4.60. The number of fused-ring (bicyclic) bond motifs is 1. The van der Waals surface area contributed by atoms with Gasteiger partial charge in [0, 0.05) is 9.75 Å². The monoisotopic (exact) mass is 354 g/mol. The highest BCUT2D eigenvalue weighted by Gasteiger charge is 2.19. The van der Waals surface area contributed by atoms with Gasteiger partial charge in [0.2, 0.25) is 0 Å². The Bertz CT molecular complexity index is 599. The highest BCUT2D eigenvalue weighted by atomic mass is 79.9. The topological polar surface area (TPSA) is 9.23 Å². The van der Waals surface area contributed by atoms with Crippen LogP contribution < -0.4 is 4.74 Å². The number of benzene rings is 1. The van der Waals surface area contributed by atoms with E-state index in [4.69, 9.17) is 4.74 Å². The van der Waals surface area contributed by atoms with E-state index in [1.165, 1.54) is 48.1 Å². The van der Waals surface area contributed by atoms with Gasteiger partial charge >= 0.3 is 0 Å². The second-order valence-electron chi connectivity index (χ2n) is 5.06. The molecule has 1 unspecified atom stereocenters. The maximum Gasteiger partial charge on any atom is 0.165 e. The number of rotatable bonds is 3. The first kappa shape index (κ1) is 14.1. The van der Waals surface area contributed by atoms with E-state index in [1.54, 1.807) is 12.1 Å². The van der Waals surface area contributed by atoms with Gasteiger partial charge in [0.1, 0.15) is 0 Å². The number of ether oxygens (including phenoxy) is 1. The largest absolute Gasteiger partial charge is 0.494 e. The fourth-order valence-electron chi connectivity index (χ4n) is 2.64. The zero-order chi connectivity index (χ0) is 14.1. The fraction of sp³-hybridized carbons (Fsp3) is 0.375. The Morgan fingerprint density at radius 3 is 2.75 bits per heavy atom. The summed E-state index contributed by atoms with van der Waals surface area (Å²) < 4.78 is 18.8. The summed E-state index contributed by atoms with van der Waals surface area (Å²) in [6, 6.07) is 7.43. The predicted octanol–water partition coefficient (Wildman–Crippen LogP) is 5.26. The molecule has 0 aliphatic heterocycles. The van der Waals surface area contributed by atoms with Crippen LogP contribution in [0.3, 0.4) is 0 Å². The van der Waals surface area contributed by atoms with Gasteiger partial charge in [-0.2, -0.15) is 0 Å². The van der Waals surface area contributed by atoms with Gasteiger partial charge < -0.3 is 4.74 Å². The van der Waals surface area contributed by atoms with Gasteiger partial charge in [-0.05, 0) is 55.0 Å². The second-order valence-corrected chi connectivity index (χ2v) is 7.14. The minimum Gasteiger partial charge on any atom is -0.494 e. The average molecular weight is 355 g/mol. The Balaban J connectivity index is 1.90. The number of aryl methyl sites for hydroxylation is 2. The molecule has 4 heteroatoms. The first-order valence-electron chi connectivity index (χ1n) is 6.78. The summed E-state index contributed by atoms with van der Waals surface area (Å²) in [4.78, 5) is 2.82. The van der Waals surface area contributed by atoms with Crippen LogP contribution in [0.1, 0.15) is 38.6 Å². The maximum absolute atomic E-state index is 13.8. The molecule has 0 amide bonds. The van der Waals surface area contributed by atoms with Crippen LogP contribution in [0.15, 0.2) is 24.3 Å². The van der Waals surface area contributed by atoms with E-state index in [0.29, 0.717) is 5.75 Å². The normalized spacial score (nSPS) is 15.8. The molecule has 1 atom stereocenters. The SMILES string of the molecule is COc1ccc(C(Br)c2cc3c(s2)CCCC3)cc1F. The van der Waals surface area contributed by atoms with Gasteiger partial charge in [-0.3, -0.25) is 0 Å². The zero-order valence-corrected chi connectivity index (χ0v) is 13.7. The molecule has 1 nitrogen and oxygen atoms in total. The highest BCUT2D eigenvalue weighted by Crippen LogP contribution is 2.40. The van der Waals surface area contributed by atoms with Crippen molar-refractivity contribution in [2.45, 2.75) is 30.5 Å². The predicted molar refractivity (Wildman–Crippen MR) is 84.7 cm³/mol. The van der Waals surface area contributed by atoms with E-state index < -0.39 is 0 Å². The number of halogens is 2. The van der Waals surface area contributed by atoms with Crippen LogP contribution in [0, 0.1) is 5.82 Å². The summed E-state index contributed by atoms with van der Waals surface area (Å²) in [7, 11) is 1.48. The van der Waals surface area contributed by atoms with Gasteiger partial charge in [-0.15, -0.1) is 11.3 Å². The molecule has 3 rings (SSSR count). The molecular formula is C16H16BrFOS. The van der Waals surface area contributed by atoms with Crippen LogP contribution in [-0.2, 0) is 12.8 Å². The minimum absolute atomic E-state index is 0.0542. The minimum atomic E-state index is -0.309. The Labute approximate surface area is 130 Å². The van der Waals surface area contributed by atoms with Crippen molar-refractivity contribution in [1.82, 2.24) is 0 Å². The first-order valence-corrected chi connectivity index (χ1v) is 8.51. The van der Waals surface area contributed by atoms with Crippen LogP contribution in [-0.4, -0.2) is 7.11 Å². The molecule has 1 aromatic carbocycles. The van der Waals surface area contributed by atoms with E-state index >= 15 is 0 Å². The summed E-state index contributed by atoms with van der Waals surface area (Å²) in [6.45, 7) is 0. The van der Waals surface area contributed by atoms with Crippen molar-refractivity contribution in [3.63, 3.8) is 0 Å². The third-order valence-electron chi connectivity index (χ3n) is 3.73. The standard InChI is InChI=1S/C16H16BrFOS/c1-19-13-7-6-11(8-12(13)18)16(17)15-9-10-4-2-3-5-14(10)20-15/h6-9,16H,2-5H2,1H3. The van der Waals surface area contributed by atoms with Crippen LogP contribution in [0.5, 0.6) is 5.75 Å². The number of hydrogen-bond donors (Lipinski definition) is 0. The maximum atomic E-state index is 13.8. The number of alkyl halides is 1.